The summed E-state index contributed by atoms with van der Waals surface area (Å²) in [5, 5.41) is 7.23. The molecule has 0 bridgehead atoms. The standard InChI is InChI=1S/C19H34N6O3S/c1-16(2)14-24-7-4-5-18(24)13-21-19(20-3)23-8-10-25(11-9-23)29(26,27)15-17-6-12-28-22-17/h6,12,16,18H,4-5,7-11,13-15H2,1-3H3,(H,20,21)/t18-/m1/s1. The van der Waals surface area contributed by atoms with Crippen molar-refractivity contribution in [1.29, 1.82) is 0 Å². The van der Waals surface area contributed by atoms with Gasteiger partial charge in [0.15, 0.2) is 5.96 Å². The van der Waals surface area contributed by atoms with Crippen LogP contribution in [0.2, 0.25) is 0 Å². The Bertz CT molecular complexity index is 757. The lowest BCUT2D eigenvalue weighted by Crippen LogP contribution is -2.55. The number of sulfonamides is 1. The molecule has 0 saturated carbocycles. The molecule has 1 aromatic heterocycles. The van der Waals surface area contributed by atoms with Crippen molar-refractivity contribution in [2.24, 2.45) is 10.9 Å². The van der Waals surface area contributed by atoms with Crippen LogP contribution in [-0.2, 0) is 15.8 Å². The first-order valence-electron chi connectivity index (χ1n) is 10.5. The van der Waals surface area contributed by atoms with Crippen LogP contribution < -0.4 is 5.32 Å². The zero-order chi connectivity index (χ0) is 20.9. The molecular formula is C19H34N6O3S. The maximum absolute atomic E-state index is 12.6. The highest BCUT2D eigenvalue weighted by Gasteiger charge is 2.30. The first-order chi connectivity index (χ1) is 13.9. The van der Waals surface area contributed by atoms with E-state index < -0.39 is 10.0 Å². The van der Waals surface area contributed by atoms with Gasteiger partial charge in [-0.05, 0) is 25.3 Å². The van der Waals surface area contributed by atoms with Gasteiger partial charge in [-0.15, -0.1) is 0 Å². The van der Waals surface area contributed by atoms with Crippen LogP contribution in [0.4, 0.5) is 0 Å². The average molecular weight is 427 g/mol. The van der Waals surface area contributed by atoms with Crippen LogP contribution in [0.25, 0.3) is 0 Å². The number of guanidine groups is 1. The molecule has 3 heterocycles. The molecule has 1 aromatic rings. The zero-order valence-corrected chi connectivity index (χ0v) is 18.6. The van der Waals surface area contributed by atoms with Crippen LogP contribution in [0, 0.1) is 5.92 Å². The lowest BCUT2D eigenvalue weighted by molar-refractivity contribution is 0.222. The van der Waals surface area contributed by atoms with Gasteiger partial charge >= 0.3 is 0 Å². The van der Waals surface area contributed by atoms with Crippen LogP contribution >= 0.6 is 0 Å². The molecule has 2 aliphatic heterocycles. The lowest BCUT2D eigenvalue weighted by Gasteiger charge is -2.36. The molecule has 10 heteroatoms. The summed E-state index contributed by atoms with van der Waals surface area (Å²) >= 11 is 0. The Morgan fingerprint density at radius 3 is 2.69 bits per heavy atom. The van der Waals surface area contributed by atoms with E-state index in [2.05, 4.69) is 39.1 Å². The normalized spacial score (nSPS) is 22.6. The van der Waals surface area contributed by atoms with Gasteiger partial charge in [-0.25, -0.2) is 8.42 Å². The second-order valence-corrected chi connectivity index (χ2v) is 10.2. The molecule has 0 amide bonds. The Morgan fingerprint density at radius 1 is 1.31 bits per heavy atom. The summed E-state index contributed by atoms with van der Waals surface area (Å²) in [7, 11) is -1.60. The molecule has 2 fully saturated rings. The fourth-order valence-corrected chi connectivity index (χ4v) is 5.57. The van der Waals surface area contributed by atoms with Crippen LogP contribution in [0.1, 0.15) is 32.4 Å². The highest BCUT2D eigenvalue weighted by molar-refractivity contribution is 7.88. The molecule has 164 valence electrons. The minimum Gasteiger partial charge on any atom is -0.364 e. The maximum atomic E-state index is 12.6. The van der Waals surface area contributed by atoms with E-state index in [1.165, 1.54) is 30.0 Å². The monoisotopic (exact) mass is 426 g/mol. The third-order valence-electron chi connectivity index (χ3n) is 5.56. The molecule has 0 aliphatic carbocycles. The van der Waals surface area contributed by atoms with Crippen LogP contribution in [-0.4, -0.2) is 92.5 Å². The minimum absolute atomic E-state index is 0.121. The highest BCUT2D eigenvalue weighted by atomic mass is 32.2. The van der Waals surface area contributed by atoms with Crippen molar-refractivity contribution in [2.45, 2.75) is 38.5 Å². The van der Waals surface area contributed by atoms with Crippen molar-refractivity contribution < 1.29 is 12.9 Å². The molecule has 0 unspecified atom stereocenters. The zero-order valence-electron chi connectivity index (χ0n) is 17.7. The smallest absolute Gasteiger partial charge is 0.220 e. The van der Waals surface area contributed by atoms with Crippen molar-refractivity contribution in [3.63, 3.8) is 0 Å². The Morgan fingerprint density at radius 2 is 2.07 bits per heavy atom. The Labute approximate surface area is 174 Å². The van der Waals surface area contributed by atoms with E-state index in [0.717, 1.165) is 19.0 Å². The first kappa shape index (κ1) is 22.0. The van der Waals surface area contributed by atoms with E-state index in [4.69, 9.17) is 4.52 Å². The average Bonchev–Trinajstić information content (AvgIpc) is 3.34. The van der Waals surface area contributed by atoms with E-state index in [0.29, 0.717) is 43.8 Å². The maximum Gasteiger partial charge on any atom is 0.220 e. The number of aromatic nitrogens is 1. The number of hydrogen-bond donors (Lipinski definition) is 1. The van der Waals surface area contributed by atoms with Gasteiger partial charge < -0.3 is 14.7 Å². The lowest BCUT2D eigenvalue weighted by atomic mass is 10.1. The number of nitrogens with zero attached hydrogens (tertiary/aromatic N) is 5. The quantitative estimate of drug-likeness (QED) is 0.509. The summed E-state index contributed by atoms with van der Waals surface area (Å²) in [6, 6.07) is 2.13. The van der Waals surface area contributed by atoms with E-state index in [1.807, 2.05) is 0 Å². The molecule has 0 radical (unpaired) electrons. The van der Waals surface area contributed by atoms with Gasteiger partial charge in [-0.1, -0.05) is 19.0 Å². The summed E-state index contributed by atoms with van der Waals surface area (Å²) < 4.78 is 31.5. The van der Waals surface area contributed by atoms with Crippen LogP contribution in [0.3, 0.4) is 0 Å². The summed E-state index contributed by atoms with van der Waals surface area (Å²) in [6.07, 6.45) is 3.86. The van der Waals surface area contributed by atoms with Crippen molar-refractivity contribution in [2.75, 3.05) is 52.9 Å². The van der Waals surface area contributed by atoms with Crippen molar-refractivity contribution in [1.82, 2.24) is 24.6 Å². The molecule has 9 nitrogen and oxygen atoms in total. The number of rotatable bonds is 7. The Kier molecular flexibility index (Phi) is 7.53. The third kappa shape index (κ3) is 5.93. The third-order valence-corrected chi connectivity index (χ3v) is 7.37. The number of hydrogen-bond acceptors (Lipinski definition) is 6. The fourth-order valence-electron chi connectivity index (χ4n) is 4.15. The van der Waals surface area contributed by atoms with Gasteiger partial charge in [-0.2, -0.15) is 4.31 Å². The Balaban J connectivity index is 1.48. The number of likely N-dealkylation sites (tertiary alicyclic amines) is 1. The molecule has 1 N–H and O–H groups in total. The van der Waals surface area contributed by atoms with Crippen LogP contribution in [0.15, 0.2) is 21.8 Å². The topological polar surface area (TPSA) is 94.3 Å². The van der Waals surface area contributed by atoms with Gasteiger partial charge in [0.2, 0.25) is 10.0 Å². The predicted molar refractivity (Wildman–Crippen MR) is 113 cm³/mol. The van der Waals surface area contributed by atoms with Crippen LogP contribution in [0.5, 0.6) is 0 Å². The molecule has 2 saturated heterocycles. The van der Waals surface area contributed by atoms with Gasteiger partial charge in [0.25, 0.3) is 0 Å². The molecule has 29 heavy (non-hydrogen) atoms. The molecule has 1 atom stereocenters. The molecule has 0 spiro atoms. The fraction of sp³-hybridized carbons (Fsp3) is 0.789. The SMILES string of the molecule is CN=C(NC[C@H]1CCCN1CC(C)C)N1CCN(S(=O)(=O)Cc2ccon2)CC1. The minimum atomic E-state index is -3.39. The van der Waals surface area contributed by atoms with Gasteiger partial charge in [0, 0.05) is 58.4 Å². The Hall–Kier alpha value is -1.65. The molecule has 3 rings (SSSR count). The number of piperazine rings is 1. The predicted octanol–water partition coefficient (Wildman–Crippen LogP) is 0.818. The number of nitrogens with one attached hydrogen (secondary N) is 1. The first-order valence-corrected chi connectivity index (χ1v) is 12.1. The van der Waals surface area contributed by atoms with Crippen molar-refractivity contribution >= 4 is 16.0 Å². The van der Waals surface area contributed by atoms with E-state index in [-0.39, 0.29) is 5.75 Å². The molecule has 2 aliphatic rings. The van der Waals surface area contributed by atoms with Gasteiger partial charge in [0.1, 0.15) is 12.0 Å². The number of aliphatic imine (C=N–C) groups is 1. The van der Waals surface area contributed by atoms with Crippen molar-refractivity contribution in [3.05, 3.63) is 18.0 Å². The molecule has 0 aromatic carbocycles. The summed E-state index contributed by atoms with van der Waals surface area (Å²) in [6.45, 7) is 9.85. The van der Waals surface area contributed by atoms with E-state index >= 15 is 0 Å². The van der Waals surface area contributed by atoms with E-state index in [9.17, 15) is 8.42 Å². The van der Waals surface area contributed by atoms with Crippen molar-refractivity contribution in [3.8, 4) is 0 Å². The molecular weight excluding hydrogens is 392 g/mol. The van der Waals surface area contributed by atoms with Gasteiger partial charge in [-0.3, -0.25) is 9.89 Å². The summed E-state index contributed by atoms with van der Waals surface area (Å²) in [5.74, 6) is 1.40. The highest BCUT2D eigenvalue weighted by Crippen LogP contribution is 2.18. The van der Waals surface area contributed by atoms with Gasteiger partial charge in [0.05, 0.1) is 5.69 Å². The largest absolute Gasteiger partial charge is 0.364 e. The second-order valence-electron chi connectivity index (χ2n) is 8.25. The summed E-state index contributed by atoms with van der Waals surface area (Å²) in [4.78, 5) is 9.14. The summed E-state index contributed by atoms with van der Waals surface area (Å²) in [5.41, 5.74) is 0.437. The van der Waals surface area contributed by atoms with E-state index in [1.54, 1.807) is 13.1 Å². The second kappa shape index (κ2) is 9.90.